The first-order valence-corrected chi connectivity index (χ1v) is 5.99. The summed E-state index contributed by atoms with van der Waals surface area (Å²) in [6, 6.07) is 0. The SMILES string of the molecule is C=CC1(CC)CCCN1C(=O)OC(C)(C)C. The van der Waals surface area contributed by atoms with E-state index >= 15 is 0 Å². The van der Waals surface area contributed by atoms with Crippen LogP contribution in [0.2, 0.25) is 0 Å². The zero-order chi connectivity index (χ0) is 12.4. The molecule has 1 rings (SSSR count). The maximum atomic E-state index is 12.1. The number of carbonyl (C=O) groups is 1. The van der Waals surface area contributed by atoms with Gasteiger partial charge in [-0.15, -0.1) is 6.58 Å². The average molecular weight is 225 g/mol. The standard InChI is InChI=1S/C13H23NO2/c1-6-13(7-2)9-8-10-14(13)11(15)16-12(3,4)5/h6H,1,7-10H2,2-5H3. The topological polar surface area (TPSA) is 29.5 Å². The largest absolute Gasteiger partial charge is 0.444 e. The molecule has 0 bridgehead atoms. The molecular formula is C13H23NO2. The number of hydrogen-bond donors (Lipinski definition) is 0. The number of carbonyl (C=O) groups excluding carboxylic acids is 1. The fourth-order valence-corrected chi connectivity index (χ4v) is 2.22. The number of ether oxygens (including phenoxy) is 1. The Kier molecular flexibility index (Phi) is 3.66. The van der Waals surface area contributed by atoms with Crippen LogP contribution in [0.4, 0.5) is 4.79 Å². The third-order valence-corrected chi connectivity index (χ3v) is 3.14. The normalized spacial score (nSPS) is 25.6. The van der Waals surface area contributed by atoms with E-state index in [4.69, 9.17) is 4.74 Å². The second-order valence-electron chi connectivity index (χ2n) is 5.40. The fraction of sp³-hybridized carbons (Fsp3) is 0.769. The van der Waals surface area contributed by atoms with Crippen molar-refractivity contribution in [2.75, 3.05) is 6.54 Å². The van der Waals surface area contributed by atoms with E-state index in [0.717, 1.165) is 25.8 Å². The van der Waals surface area contributed by atoms with Gasteiger partial charge < -0.3 is 4.74 Å². The Labute approximate surface area is 98.5 Å². The fourth-order valence-electron chi connectivity index (χ4n) is 2.22. The molecule has 1 unspecified atom stereocenters. The number of hydrogen-bond acceptors (Lipinski definition) is 2. The van der Waals surface area contributed by atoms with E-state index in [1.54, 1.807) is 0 Å². The molecule has 0 N–H and O–H groups in total. The van der Waals surface area contributed by atoms with Crippen LogP contribution in [0.3, 0.4) is 0 Å². The molecular weight excluding hydrogens is 202 g/mol. The maximum absolute atomic E-state index is 12.1. The van der Waals surface area contributed by atoms with Gasteiger partial charge >= 0.3 is 6.09 Å². The summed E-state index contributed by atoms with van der Waals surface area (Å²) in [4.78, 5) is 13.9. The lowest BCUT2D eigenvalue weighted by atomic mass is 9.93. The van der Waals surface area contributed by atoms with E-state index in [2.05, 4.69) is 13.5 Å². The molecule has 3 heteroatoms. The van der Waals surface area contributed by atoms with E-state index in [9.17, 15) is 4.79 Å². The van der Waals surface area contributed by atoms with Crippen LogP contribution in [0.5, 0.6) is 0 Å². The molecule has 0 spiro atoms. The lowest BCUT2D eigenvalue weighted by Gasteiger charge is -2.36. The lowest BCUT2D eigenvalue weighted by Crippen LogP contribution is -2.47. The van der Waals surface area contributed by atoms with Crippen LogP contribution in [-0.2, 0) is 4.74 Å². The van der Waals surface area contributed by atoms with Gasteiger partial charge in [0, 0.05) is 6.54 Å². The Balaban J connectivity index is 2.79. The van der Waals surface area contributed by atoms with Gasteiger partial charge in [-0.25, -0.2) is 4.79 Å². The molecule has 1 fully saturated rings. The van der Waals surface area contributed by atoms with Gasteiger partial charge in [0.1, 0.15) is 5.60 Å². The highest BCUT2D eigenvalue weighted by molar-refractivity contribution is 5.70. The zero-order valence-electron chi connectivity index (χ0n) is 10.9. The van der Waals surface area contributed by atoms with Crippen molar-refractivity contribution in [1.82, 2.24) is 4.90 Å². The van der Waals surface area contributed by atoms with E-state index in [1.165, 1.54) is 0 Å². The number of amides is 1. The summed E-state index contributed by atoms with van der Waals surface area (Å²) in [7, 11) is 0. The molecule has 0 aliphatic carbocycles. The zero-order valence-corrected chi connectivity index (χ0v) is 10.9. The minimum atomic E-state index is -0.430. The Morgan fingerprint density at radius 3 is 2.62 bits per heavy atom. The molecule has 0 aromatic heterocycles. The van der Waals surface area contributed by atoms with Gasteiger partial charge in [-0.05, 0) is 40.0 Å². The highest BCUT2D eigenvalue weighted by Gasteiger charge is 2.41. The van der Waals surface area contributed by atoms with E-state index in [-0.39, 0.29) is 11.6 Å². The van der Waals surface area contributed by atoms with Gasteiger partial charge in [0.05, 0.1) is 5.54 Å². The van der Waals surface area contributed by atoms with Crippen molar-refractivity contribution in [3.63, 3.8) is 0 Å². The number of nitrogens with zero attached hydrogens (tertiary/aromatic N) is 1. The summed E-state index contributed by atoms with van der Waals surface area (Å²) in [6.45, 7) is 12.4. The smallest absolute Gasteiger partial charge is 0.410 e. The van der Waals surface area contributed by atoms with E-state index in [1.807, 2.05) is 31.7 Å². The monoisotopic (exact) mass is 225 g/mol. The molecule has 0 aromatic rings. The van der Waals surface area contributed by atoms with Gasteiger partial charge in [0.25, 0.3) is 0 Å². The Morgan fingerprint density at radius 2 is 2.19 bits per heavy atom. The summed E-state index contributed by atoms with van der Waals surface area (Å²) in [5.74, 6) is 0. The molecule has 0 radical (unpaired) electrons. The van der Waals surface area contributed by atoms with Gasteiger partial charge in [0.15, 0.2) is 0 Å². The van der Waals surface area contributed by atoms with Crippen molar-refractivity contribution in [1.29, 1.82) is 0 Å². The quantitative estimate of drug-likeness (QED) is 0.674. The molecule has 1 heterocycles. The van der Waals surface area contributed by atoms with Crippen LogP contribution in [0.1, 0.15) is 47.0 Å². The van der Waals surface area contributed by atoms with Gasteiger partial charge in [0.2, 0.25) is 0 Å². The van der Waals surface area contributed by atoms with Gasteiger partial charge in [-0.2, -0.15) is 0 Å². The summed E-state index contributed by atoms with van der Waals surface area (Å²) in [5, 5.41) is 0. The Bertz CT molecular complexity index is 280. The van der Waals surface area contributed by atoms with Crippen LogP contribution >= 0.6 is 0 Å². The van der Waals surface area contributed by atoms with Gasteiger partial charge in [-0.1, -0.05) is 13.0 Å². The number of rotatable bonds is 2. The molecule has 0 saturated carbocycles. The molecule has 3 nitrogen and oxygen atoms in total. The summed E-state index contributed by atoms with van der Waals surface area (Å²) >= 11 is 0. The molecule has 1 aliphatic rings. The van der Waals surface area contributed by atoms with Crippen LogP contribution in [0, 0.1) is 0 Å². The van der Waals surface area contributed by atoms with Crippen LogP contribution < -0.4 is 0 Å². The highest BCUT2D eigenvalue weighted by atomic mass is 16.6. The van der Waals surface area contributed by atoms with E-state index in [0.29, 0.717) is 0 Å². The highest BCUT2D eigenvalue weighted by Crippen LogP contribution is 2.34. The van der Waals surface area contributed by atoms with Crippen LogP contribution in [0.25, 0.3) is 0 Å². The Hall–Kier alpha value is -0.990. The molecule has 1 saturated heterocycles. The minimum absolute atomic E-state index is 0.192. The van der Waals surface area contributed by atoms with Crippen molar-refractivity contribution in [2.45, 2.75) is 58.1 Å². The lowest BCUT2D eigenvalue weighted by molar-refractivity contribution is 0.0143. The first kappa shape index (κ1) is 13.1. The second-order valence-corrected chi connectivity index (χ2v) is 5.40. The van der Waals surface area contributed by atoms with Crippen molar-refractivity contribution >= 4 is 6.09 Å². The molecule has 1 amide bonds. The molecule has 92 valence electrons. The van der Waals surface area contributed by atoms with Crippen LogP contribution in [-0.4, -0.2) is 28.7 Å². The predicted molar refractivity (Wildman–Crippen MR) is 65.4 cm³/mol. The van der Waals surface area contributed by atoms with Crippen LogP contribution in [0.15, 0.2) is 12.7 Å². The summed E-state index contributed by atoms with van der Waals surface area (Å²) in [6.07, 6.45) is 4.59. The summed E-state index contributed by atoms with van der Waals surface area (Å²) < 4.78 is 5.42. The van der Waals surface area contributed by atoms with Gasteiger partial charge in [-0.3, -0.25) is 4.90 Å². The molecule has 1 atom stereocenters. The first-order valence-electron chi connectivity index (χ1n) is 5.99. The first-order chi connectivity index (χ1) is 7.34. The average Bonchev–Trinajstić information content (AvgIpc) is 2.59. The van der Waals surface area contributed by atoms with Crippen molar-refractivity contribution in [3.05, 3.63) is 12.7 Å². The number of likely N-dealkylation sites (tertiary alicyclic amines) is 1. The minimum Gasteiger partial charge on any atom is -0.444 e. The molecule has 0 aromatic carbocycles. The third-order valence-electron chi connectivity index (χ3n) is 3.14. The molecule has 1 aliphatic heterocycles. The third kappa shape index (κ3) is 2.57. The predicted octanol–water partition coefficient (Wildman–Crippen LogP) is 3.35. The second kappa shape index (κ2) is 4.48. The maximum Gasteiger partial charge on any atom is 0.410 e. The Morgan fingerprint density at radius 1 is 1.56 bits per heavy atom. The van der Waals surface area contributed by atoms with Crippen molar-refractivity contribution in [2.24, 2.45) is 0 Å². The summed E-state index contributed by atoms with van der Waals surface area (Å²) in [5.41, 5.74) is -0.622. The van der Waals surface area contributed by atoms with Crippen molar-refractivity contribution < 1.29 is 9.53 Å². The molecule has 16 heavy (non-hydrogen) atoms. The van der Waals surface area contributed by atoms with Crippen molar-refractivity contribution in [3.8, 4) is 0 Å². The van der Waals surface area contributed by atoms with E-state index < -0.39 is 5.60 Å².